The van der Waals surface area contributed by atoms with Crippen LogP contribution in [0.15, 0.2) is 142 Å². The van der Waals surface area contributed by atoms with Crippen LogP contribution in [0.1, 0.15) is 55.9 Å². The van der Waals surface area contributed by atoms with Crippen molar-refractivity contribution in [1.82, 2.24) is 9.97 Å². The van der Waals surface area contributed by atoms with Crippen molar-refractivity contribution in [2.45, 2.75) is 39.0 Å². The summed E-state index contributed by atoms with van der Waals surface area (Å²) in [5, 5.41) is 0. The molecule has 9 rings (SSSR count). The van der Waals surface area contributed by atoms with Crippen LogP contribution < -0.4 is 0 Å². The van der Waals surface area contributed by atoms with Crippen LogP contribution in [-0.2, 0) is 5.41 Å². The molecule has 0 atom stereocenters. The Hall–Kier alpha value is -5.74. The molecule has 48 heavy (non-hydrogen) atoms. The van der Waals surface area contributed by atoms with Crippen LogP contribution in [0.5, 0.6) is 0 Å². The van der Waals surface area contributed by atoms with E-state index in [1.807, 2.05) is 48.5 Å². The van der Waals surface area contributed by atoms with Crippen LogP contribution in [0.25, 0.3) is 67.4 Å². The van der Waals surface area contributed by atoms with Gasteiger partial charge in [0.15, 0.2) is 11.2 Å². The number of allylic oxidation sites excluding steroid dienone is 6. The third kappa shape index (κ3) is 4.75. The highest BCUT2D eigenvalue weighted by atomic mass is 16.4. The van der Waals surface area contributed by atoms with Gasteiger partial charge in [0.2, 0.25) is 11.8 Å². The first-order valence-electron chi connectivity index (χ1n) is 16.6. The summed E-state index contributed by atoms with van der Waals surface area (Å²) in [6, 6.07) is 38.0. The molecule has 5 aromatic carbocycles. The average Bonchev–Trinajstić information content (AvgIpc) is 3.80. The first kappa shape index (κ1) is 28.5. The Morgan fingerprint density at radius 1 is 0.562 bits per heavy atom. The molecule has 0 spiro atoms. The summed E-state index contributed by atoms with van der Waals surface area (Å²) in [5.41, 5.74) is 16.4. The van der Waals surface area contributed by atoms with Crippen molar-refractivity contribution in [2.75, 3.05) is 0 Å². The maximum Gasteiger partial charge on any atom is 0.227 e. The molecule has 4 heteroatoms. The van der Waals surface area contributed by atoms with Crippen LogP contribution in [-0.4, -0.2) is 9.97 Å². The summed E-state index contributed by atoms with van der Waals surface area (Å²) in [6.07, 6.45) is 8.81. The van der Waals surface area contributed by atoms with Gasteiger partial charge in [0.25, 0.3) is 0 Å². The highest BCUT2D eigenvalue weighted by molar-refractivity contribution is 5.90. The molecule has 0 aliphatic heterocycles. The summed E-state index contributed by atoms with van der Waals surface area (Å²) < 4.78 is 12.6. The fourth-order valence-corrected chi connectivity index (χ4v) is 7.30. The molecule has 0 amide bonds. The topological polar surface area (TPSA) is 52.1 Å². The zero-order valence-corrected chi connectivity index (χ0v) is 27.2. The lowest BCUT2D eigenvalue weighted by atomic mass is 9.81. The lowest BCUT2D eigenvalue weighted by Crippen LogP contribution is -2.15. The normalized spacial score (nSPS) is 18.6. The summed E-state index contributed by atoms with van der Waals surface area (Å²) in [4.78, 5) is 9.71. The predicted octanol–water partition coefficient (Wildman–Crippen LogP) is 11.8. The predicted molar refractivity (Wildman–Crippen MR) is 195 cm³/mol. The largest absolute Gasteiger partial charge is 0.436 e. The fraction of sp³-hybridized carbons (Fsp3) is 0.136. The van der Waals surface area contributed by atoms with Gasteiger partial charge < -0.3 is 8.83 Å². The molecule has 0 radical (unpaired) electrons. The van der Waals surface area contributed by atoms with Crippen molar-refractivity contribution in [3.8, 4) is 34.0 Å². The Morgan fingerprint density at radius 3 is 1.85 bits per heavy atom. The van der Waals surface area contributed by atoms with Crippen molar-refractivity contribution in [2.24, 2.45) is 0 Å². The second kappa shape index (κ2) is 10.9. The van der Waals surface area contributed by atoms with Gasteiger partial charge in [-0.25, -0.2) is 9.97 Å². The van der Waals surface area contributed by atoms with Crippen LogP contribution >= 0.6 is 0 Å². The Balaban J connectivity index is 1.20. The highest BCUT2D eigenvalue weighted by Crippen LogP contribution is 2.49. The number of hydrogen-bond acceptors (Lipinski definition) is 4. The molecule has 0 saturated carbocycles. The molecular weight excluding hydrogens is 588 g/mol. The molecule has 7 aromatic rings. The molecular formula is C44H34N2O2. The lowest BCUT2D eigenvalue weighted by molar-refractivity contribution is 0.617. The minimum absolute atomic E-state index is 0.0546. The molecule has 0 unspecified atom stereocenters. The number of para-hydroxylation sites is 4. The quantitative estimate of drug-likeness (QED) is 0.196. The van der Waals surface area contributed by atoms with E-state index < -0.39 is 0 Å². The molecule has 0 fully saturated rings. The van der Waals surface area contributed by atoms with Gasteiger partial charge >= 0.3 is 0 Å². The second-order valence-electron chi connectivity index (χ2n) is 13.5. The van der Waals surface area contributed by atoms with E-state index in [9.17, 15) is 0 Å². The summed E-state index contributed by atoms with van der Waals surface area (Å²) >= 11 is 0. The van der Waals surface area contributed by atoms with Crippen molar-refractivity contribution in [3.05, 3.63) is 155 Å². The van der Waals surface area contributed by atoms with E-state index >= 15 is 0 Å². The minimum atomic E-state index is -0.0546. The third-order valence-electron chi connectivity index (χ3n) is 9.97. The Bertz CT molecular complexity index is 2340. The smallest absolute Gasteiger partial charge is 0.227 e. The SMILES string of the molecule is C/C1=C/C=C(c2cc(-c3nc4ccccc4o3)cc(-c3nc4ccccc4o3)c2)\C=C(\c2ccc3c(c2)C(C)(C)c2ccccc2-3)CC1. The summed E-state index contributed by atoms with van der Waals surface area (Å²) in [6.45, 7) is 6.91. The Kier molecular flexibility index (Phi) is 6.48. The van der Waals surface area contributed by atoms with Crippen LogP contribution in [0.3, 0.4) is 0 Å². The molecule has 2 aliphatic rings. The second-order valence-corrected chi connectivity index (χ2v) is 13.5. The Labute approximate surface area is 279 Å². The number of oxazole rings is 2. The molecule has 2 aromatic heterocycles. The third-order valence-corrected chi connectivity index (χ3v) is 9.97. The van der Waals surface area contributed by atoms with Gasteiger partial charge in [-0.3, -0.25) is 0 Å². The van der Waals surface area contributed by atoms with E-state index in [1.54, 1.807) is 0 Å². The molecule has 0 N–H and O–H groups in total. The molecule has 2 heterocycles. The van der Waals surface area contributed by atoms with Crippen molar-refractivity contribution in [1.29, 1.82) is 0 Å². The highest BCUT2D eigenvalue weighted by Gasteiger charge is 2.35. The Morgan fingerprint density at radius 2 is 1.17 bits per heavy atom. The molecule has 0 saturated heterocycles. The number of nitrogens with zero attached hydrogens (tertiary/aromatic N) is 2. The van der Waals surface area contributed by atoms with Gasteiger partial charge in [-0.1, -0.05) is 98.3 Å². The monoisotopic (exact) mass is 622 g/mol. The maximum atomic E-state index is 6.28. The van der Waals surface area contributed by atoms with Gasteiger partial charge in [0, 0.05) is 16.5 Å². The molecule has 2 aliphatic carbocycles. The first-order valence-corrected chi connectivity index (χ1v) is 16.6. The standard InChI is InChI=1S/C44H34N2O2/c1-27-16-18-28(30-20-21-35-34-10-4-5-11-36(34)44(2,3)37(35)26-30)22-29(19-17-27)31-23-32(42-45-38-12-6-8-14-40(38)47-42)25-33(24-31)43-46-39-13-7-9-15-41(39)48-43/h4-15,17,19-26H,16,18H2,1-3H3/b27-17-,28-22+,29-19+. The zero-order chi connectivity index (χ0) is 32.4. The van der Waals surface area contributed by atoms with E-state index in [0.29, 0.717) is 11.8 Å². The number of hydrogen-bond donors (Lipinski definition) is 0. The molecule has 0 bridgehead atoms. The fourth-order valence-electron chi connectivity index (χ4n) is 7.30. The van der Waals surface area contributed by atoms with Crippen molar-refractivity contribution < 1.29 is 8.83 Å². The molecule has 232 valence electrons. The zero-order valence-electron chi connectivity index (χ0n) is 27.2. The number of fused-ring (bicyclic) bond motifs is 5. The first-order chi connectivity index (χ1) is 23.4. The van der Waals surface area contributed by atoms with Gasteiger partial charge in [-0.15, -0.1) is 0 Å². The van der Waals surface area contributed by atoms with Crippen molar-refractivity contribution in [3.63, 3.8) is 0 Å². The van der Waals surface area contributed by atoms with Crippen LogP contribution in [0, 0.1) is 0 Å². The van der Waals surface area contributed by atoms with Gasteiger partial charge in [-0.2, -0.15) is 0 Å². The van der Waals surface area contributed by atoms with Crippen molar-refractivity contribution >= 4 is 33.3 Å². The number of benzene rings is 5. The molecule has 4 nitrogen and oxygen atoms in total. The average molecular weight is 623 g/mol. The van der Waals surface area contributed by atoms with E-state index in [2.05, 4.69) is 99.7 Å². The number of aromatic nitrogens is 2. The minimum Gasteiger partial charge on any atom is -0.436 e. The van der Waals surface area contributed by atoms with E-state index in [1.165, 1.54) is 39.0 Å². The van der Waals surface area contributed by atoms with Gasteiger partial charge in [0.1, 0.15) is 11.0 Å². The summed E-state index contributed by atoms with van der Waals surface area (Å²) in [5.74, 6) is 1.14. The van der Waals surface area contributed by atoms with Gasteiger partial charge in [0.05, 0.1) is 0 Å². The lowest BCUT2D eigenvalue weighted by Gasteiger charge is -2.22. The van der Waals surface area contributed by atoms with E-state index in [0.717, 1.165) is 57.3 Å². The summed E-state index contributed by atoms with van der Waals surface area (Å²) in [7, 11) is 0. The number of rotatable bonds is 4. The van der Waals surface area contributed by atoms with Crippen LogP contribution in [0.4, 0.5) is 0 Å². The van der Waals surface area contributed by atoms with Crippen LogP contribution in [0.2, 0.25) is 0 Å². The van der Waals surface area contributed by atoms with Gasteiger partial charge in [-0.05, 0) is 113 Å². The van der Waals surface area contributed by atoms with E-state index in [4.69, 9.17) is 18.8 Å². The maximum absolute atomic E-state index is 6.28. The van der Waals surface area contributed by atoms with E-state index in [-0.39, 0.29) is 5.41 Å².